The van der Waals surface area contributed by atoms with Crippen molar-refractivity contribution in [2.45, 2.75) is 218 Å². The van der Waals surface area contributed by atoms with Crippen LogP contribution in [-0.2, 0) is 57.7 Å². The monoisotopic (exact) mass is 1770 g/mol. The number of anilines is 3. The number of carbonyl (C=O) groups is 3. The van der Waals surface area contributed by atoms with E-state index >= 15 is 0 Å². The van der Waals surface area contributed by atoms with E-state index in [4.69, 9.17) is 58.9 Å². The minimum absolute atomic E-state index is 0. The zero-order chi connectivity index (χ0) is 88.8. The number of halogens is 1. The van der Waals surface area contributed by atoms with Gasteiger partial charge in [0, 0.05) is 116 Å². The molecule has 3 aromatic carbocycles. The molecule has 33 heteroatoms. The van der Waals surface area contributed by atoms with Gasteiger partial charge in [-0.05, 0) is 170 Å². The molecule has 0 aliphatic carbocycles. The minimum Gasteiger partial charge on any atom is -0.870 e. The first-order valence-corrected chi connectivity index (χ1v) is 42.9. The van der Waals surface area contributed by atoms with Gasteiger partial charge < -0.3 is 59.0 Å². The number of ether oxygens (including phenoxy) is 5. The number of aromatic nitrogens is 15. The Morgan fingerprint density at radius 2 is 0.752 bits per heavy atom. The molecule has 9 aromatic heterocycles. The Bertz CT molecular complexity index is 5620. The largest absolute Gasteiger partial charge is 1.00 e. The smallest absolute Gasteiger partial charge is 0.870 e. The van der Waals surface area contributed by atoms with Crippen molar-refractivity contribution in [1.82, 2.24) is 73.1 Å². The Morgan fingerprint density at radius 3 is 1.06 bits per heavy atom. The molecule has 0 saturated carbocycles. The maximum atomic E-state index is 13.2. The molecular formula is C92H121BBrLiN18O12. The van der Waals surface area contributed by atoms with Crippen LogP contribution in [0.4, 0.5) is 17.5 Å². The normalized spacial score (nSPS) is 15.8. The van der Waals surface area contributed by atoms with E-state index in [9.17, 15) is 19.5 Å². The summed E-state index contributed by atoms with van der Waals surface area (Å²) < 4.78 is 40.6. The van der Waals surface area contributed by atoms with E-state index in [2.05, 4.69) is 117 Å². The van der Waals surface area contributed by atoms with Crippen LogP contribution < -0.4 is 39.0 Å². The molecule has 0 spiro atoms. The first-order valence-electron chi connectivity index (χ1n) is 42.1. The van der Waals surface area contributed by atoms with Crippen molar-refractivity contribution in [2.75, 3.05) is 68.2 Å². The van der Waals surface area contributed by atoms with Gasteiger partial charge in [0.05, 0.1) is 91.1 Å². The number of benzene rings is 3. The summed E-state index contributed by atoms with van der Waals surface area (Å²) in [6.07, 6.45) is 13.9. The molecule has 0 radical (unpaired) electrons. The number of nitrogens with zero attached hydrogens (tertiary/aromatic N) is 18. The fraction of sp³-hybridized carbons (Fsp3) is 0.478. The van der Waals surface area contributed by atoms with Crippen molar-refractivity contribution in [3.8, 4) is 22.5 Å². The maximum Gasteiger partial charge on any atom is 1.00 e. The van der Waals surface area contributed by atoms with Gasteiger partial charge in [0.2, 0.25) is 0 Å². The molecule has 0 bridgehead atoms. The third-order valence-corrected chi connectivity index (χ3v) is 22.6. The molecule has 3 aliphatic heterocycles. The number of piperidine rings is 3. The number of carbonyl (C=O) groups excluding carboxylic acids is 2. The molecule has 0 amide bonds. The van der Waals surface area contributed by atoms with Crippen molar-refractivity contribution in [2.24, 2.45) is 16.2 Å². The second-order valence-electron chi connectivity index (χ2n) is 37.5. The van der Waals surface area contributed by atoms with E-state index in [0.717, 1.165) is 151 Å². The SMILES string of the molecule is COC(=O)[C@@H](OC(C)(C)C)c1c(C)nc2cc(-c3cnn(Cc4ccccc4)c3)nn2c1N1CCC(C)(C)CC1.COC(=O)[C@@H](OC(C)(C)C)c1c(C)nc2cc(Br)nn2c1N1CCC(C)(C)CC1.Cc1nc2cc(-c3cnn(Cc4ccccc4)c3)nn2c(N2CCC(C)(C)CC2)c1[C@H](OC(C)(C)C)C(=O)O.OB(O)c1cnn(Cc2ccccc2)c1.[Li+].[OH-]. The zero-order valence-electron chi connectivity index (χ0n) is 76.3. The number of hydrogen-bond donors (Lipinski definition) is 3. The third-order valence-electron chi connectivity index (χ3n) is 22.3. The summed E-state index contributed by atoms with van der Waals surface area (Å²) in [5, 5.41) is 55.9. The zero-order valence-corrected chi connectivity index (χ0v) is 77.8. The number of methoxy groups -OCH3 is 2. The fourth-order valence-corrected chi connectivity index (χ4v) is 15.8. The Hall–Kier alpha value is -10.1. The Labute approximate surface area is 753 Å². The van der Waals surface area contributed by atoms with E-state index in [0.29, 0.717) is 63.2 Å². The number of esters is 2. The average Bonchev–Trinajstić information content (AvgIpc) is 1.62. The van der Waals surface area contributed by atoms with Crippen molar-refractivity contribution < 1.29 is 77.6 Å². The number of aryl methyl sites for hydroxylation is 3. The number of aliphatic carboxylic acids is 1. The number of rotatable bonds is 21. The topological polar surface area (TPSA) is 342 Å². The molecule has 3 fully saturated rings. The van der Waals surface area contributed by atoms with E-state index in [1.165, 1.54) is 26.0 Å². The summed E-state index contributed by atoms with van der Waals surface area (Å²) in [5.74, 6) is 0.505. The minimum atomic E-state index is -1.45. The summed E-state index contributed by atoms with van der Waals surface area (Å²) in [6.45, 7) is 43.6. The van der Waals surface area contributed by atoms with E-state index < -0.39 is 60.1 Å². The van der Waals surface area contributed by atoms with Gasteiger partial charge in [0.25, 0.3) is 0 Å². The van der Waals surface area contributed by atoms with Crippen LogP contribution in [0.3, 0.4) is 0 Å². The molecule has 3 aliphatic rings. The second kappa shape index (κ2) is 40.2. The Balaban J connectivity index is 0.000000181. The molecule has 12 aromatic rings. The van der Waals surface area contributed by atoms with Gasteiger partial charge in [0.1, 0.15) is 22.1 Å². The molecular weight excluding hydrogens is 1650 g/mol. The van der Waals surface area contributed by atoms with Crippen LogP contribution in [0.2, 0.25) is 0 Å². The summed E-state index contributed by atoms with van der Waals surface area (Å²) >= 11 is 3.47. The number of carboxylic acid groups (broad SMARTS) is 1. The predicted molar refractivity (Wildman–Crippen MR) is 482 cm³/mol. The van der Waals surface area contributed by atoms with Gasteiger partial charge in [-0.1, -0.05) is 133 Å². The number of fused-ring (bicyclic) bond motifs is 3. The van der Waals surface area contributed by atoms with Gasteiger partial charge in [-0.2, -0.15) is 44.1 Å². The molecule has 15 rings (SSSR count). The van der Waals surface area contributed by atoms with Crippen molar-refractivity contribution in [1.29, 1.82) is 0 Å². The van der Waals surface area contributed by atoms with Crippen LogP contribution in [0.25, 0.3) is 39.5 Å². The third kappa shape index (κ3) is 24.8. The quantitative estimate of drug-likeness (QED) is 0.0444. The van der Waals surface area contributed by atoms with E-state index in [1.54, 1.807) is 15.4 Å². The summed E-state index contributed by atoms with van der Waals surface area (Å²) in [6, 6.07) is 36.1. The van der Waals surface area contributed by atoms with Crippen molar-refractivity contribution in [3.63, 3.8) is 0 Å². The van der Waals surface area contributed by atoms with E-state index in [-0.39, 0.29) is 35.2 Å². The number of carboxylic acids is 1. The summed E-state index contributed by atoms with van der Waals surface area (Å²) in [4.78, 5) is 59.8. The van der Waals surface area contributed by atoms with Crippen LogP contribution in [0.5, 0.6) is 0 Å². The van der Waals surface area contributed by atoms with Gasteiger partial charge >= 0.3 is 43.9 Å². The van der Waals surface area contributed by atoms with Crippen LogP contribution in [0.15, 0.2) is 151 Å². The van der Waals surface area contributed by atoms with Crippen molar-refractivity contribution >= 4 is 80.8 Å². The summed E-state index contributed by atoms with van der Waals surface area (Å²) in [5.41, 5.74) is 12.4. The number of hydrogen-bond acceptors (Lipinski definition) is 23. The molecule has 662 valence electrons. The maximum absolute atomic E-state index is 13.2. The predicted octanol–water partition coefficient (Wildman–Crippen LogP) is 12.0. The molecule has 3 saturated heterocycles. The molecule has 12 heterocycles. The second-order valence-corrected chi connectivity index (χ2v) is 38.3. The van der Waals surface area contributed by atoms with Gasteiger partial charge in [-0.25, -0.2) is 29.3 Å². The molecule has 125 heavy (non-hydrogen) atoms. The fourth-order valence-electron chi connectivity index (χ4n) is 15.4. The van der Waals surface area contributed by atoms with Gasteiger partial charge in [0.15, 0.2) is 35.3 Å². The molecule has 30 nitrogen and oxygen atoms in total. The van der Waals surface area contributed by atoms with Crippen molar-refractivity contribution in [3.05, 3.63) is 201 Å². The Morgan fingerprint density at radius 1 is 0.456 bits per heavy atom. The van der Waals surface area contributed by atoms with Crippen LogP contribution in [-0.4, -0.2) is 189 Å². The van der Waals surface area contributed by atoms with Gasteiger partial charge in [-0.3, -0.25) is 14.0 Å². The first-order chi connectivity index (χ1) is 58.0. The summed E-state index contributed by atoms with van der Waals surface area (Å²) in [7, 11) is 1.33. The van der Waals surface area contributed by atoms with Gasteiger partial charge in [-0.15, -0.1) is 0 Å². The first kappa shape index (κ1) is 97.1. The molecule has 0 unspecified atom stereocenters. The molecule has 4 N–H and O–H groups in total. The average molecular weight is 1770 g/mol. The Kier molecular flexibility index (Phi) is 31.2. The van der Waals surface area contributed by atoms with E-state index in [1.807, 2.05) is 211 Å². The van der Waals surface area contributed by atoms with Crippen LogP contribution in [0, 0.1) is 37.0 Å². The van der Waals surface area contributed by atoms with Crippen LogP contribution in [0.1, 0.15) is 211 Å². The standard InChI is InChI=1S/C31H40N6O3.C30H38N6O3.C21H31BrN4O3.C10H11BN2O2.Li.H2O/c1-21-26(27(29(38)39-7)40-30(2,3)4)28(35-15-13-31(5,6)14-16-35)37-25(33-21)17-24(34-37)23-18-32-36(20-23)19-22-11-9-8-10-12-22;1-20-25(26(28(37)38)39-29(2,3)4)27(34-14-12-30(5,6)13-15-34)36-24(32-20)16-23(33-36)22-17-31-35(19-22)18-21-10-8-7-9-11-21;1-13-16(17(19(27)28-7)29-20(2,3)4)18(25-10-8-21(5,6)9-11-25)26-15(23-13)12-14(22)24-26;14-11(15)10-6-12-13(8-10)7-9-4-2-1-3-5-9;;/h8-12,17-18,20,27H,13-16,19H2,1-7H3;7-11,16-17,19,26H,12-15,18H2,1-6H3,(H,37,38);12,17H,8-11H2,1-7H3;1-6,8,14-15H,7H2;;1H2/q;;;;+1;/p-1/t27-;26-;17-;;;/m000.../s1. The van der Waals surface area contributed by atoms with Crippen LogP contribution >= 0.6 is 15.9 Å². The molecule has 3 atom stereocenters.